The van der Waals surface area contributed by atoms with Gasteiger partial charge in [-0.15, -0.1) is 0 Å². The van der Waals surface area contributed by atoms with Crippen LogP contribution in [0.1, 0.15) is 24.8 Å². The van der Waals surface area contributed by atoms with Crippen molar-refractivity contribution in [3.05, 3.63) is 30.1 Å². The first-order valence-corrected chi connectivity index (χ1v) is 6.56. The summed E-state index contributed by atoms with van der Waals surface area (Å²) in [4.78, 5) is 10.1. The van der Waals surface area contributed by atoms with Crippen molar-refractivity contribution in [1.82, 2.24) is 14.9 Å². The fourth-order valence-corrected chi connectivity index (χ4v) is 2.64. The summed E-state index contributed by atoms with van der Waals surface area (Å²) in [5.41, 5.74) is 2.35. The van der Waals surface area contributed by atoms with Crippen LogP contribution in [0.3, 0.4) is 0 Å². The van der Waals surface area contributed by atoms with Gasteiger partial charge in [-0.1, -0.05) is 0 Å². The molecule has 0 atom stereocenters. The molecule has 2 aromatic heterocycles. The van der Waals surface area contributed by atoms with Crippen molar-refractivity contribution >= 4 is 11.0 Å². The van der Waals surface area contributed by atoms with Crippen LogP contribution >= 0.6 is 0 Å². The first-order valence-electron chi connectivity index (χ1n) is 6.56. The molecule has 1 N–H and O–H groups in total. The van der Waals surface area contributed by atoms with Crippen LogP contribution in [0.2, 0.25) is 0 Å². The largest absolute Gasteiger partial charge is 0.346 e. The summed E-state index contributed by atoms with van der Waals surface area (Å²) >= 11 is 0. The molecule has 3 rings (SSSR count). The van der Waals surface area contributed by atoms with Crippen molar-refractivity contribution in [1.29, 1.82) is 0 Å². The summed E-state index contributed by atoms with van der Waals surface area (Å²) in [6, 6.07) is 4.34. The van der Waals surface area contributed by atoms with E-state index in [0.29, 0.717) is 0 Å². The molecular formula is C14H19N3. The Morgan fingerprint density at radius 2 is 2.18 bits per heavy atom. The number of aromatic amines is 1. The third-order valence-electron chi connectivity index (χ3n) is 3.60. The molecular weight excluding hydrogens is 210 g/mol. The van der Waals surface area contributed by atoms with Crippen LogP contribution in [-0.4, -0.2) is 34.5 Å². The molecule has 2 aromatic rings. The molecule has 3 nitrogen and oxygen atoms in total. The van der Waals surface area contributed by atoms with Gasteiger partial charge >= 0.3 is 0 Å². The van der Waals surface area contributed by atoms with Gasteiger partial charge in [-0.05, 0) is 63.0 Å². The summed E-state index contributed by atoms with van der Waals surface area (Å²) in [7, 11) is 0. The van der Waals surface area contributed by atoms with Gasteiger partial charge < -0.3 is 9.88 Å². The second-order valence-electron chi connectivity index (χ2n) is 4.91. The average Bonchev–Trinajstić information content (AvgIpc) is 2.98. The predicted molar refractivity (Wildman–Crippen MR) is 70.1 cm³/mol. The van der Waals surface area contributed by atoms with E-state index in [1.807, 2.05) is 12.4 Å². The molecule has 0 saturated carbocycles. The van der Waals surface area contributed by atoms with E-state index in [4.69, 9.17) is 0 Å². The quantitative estimate of drug-likeness (QED) is 0.874. The molecule has 0 bridgehead atoms. The maximum absolute atomic E-state index is 4.42. The molecule has 3 heteroatoms. The topological polar surface area (TPSA) is 31.9 Å². The molecule has 0 amide bonds. The molecule has 0 unspecified atom stereocenters. The fraction of sp³-hybridized carbons (Fsp3) is 0.500. The number of pyridine rings is 1. The number of H-pyrrole nitrogens is 1. The molecule has 1 saturated heterocycles. The smallest absolute Gasteiger partial charge is 0.137 e. The van der Waals surface area contributed by atoms with E-state index in [1.54, 1.807) is 0 Å². The minimum absolute atomic E-state index is 0.994. The Morgan fingerprint density at radius 1 is 1.29 bits per heavy atom. The monoisotopic (exact) mass is 229 g/mol. The summed E-state index contributed by atoms with van der Waals surface area (Å²) < 4.78 is 0. The van der Waals surface area contributed by atoms with E-state index in [2.05, 4.69) is 27.0 Å². The Hall–Kier alpha value is -1.35. The van der Waals surface area contributed by atoms with Gasteiger partial charge in [0.1, 0.15) is 5.65 Å². The van der Waals surface area contributed by atoms with Crippen molar-refractivity contribution in [3.63, 3.8) is 0 Å². The zero-order chi connectivity index (χ0) is 11.5. The summed E-state index contributed by atoms with van der Waals surface area (Å²) in [5, 5.41) is 1.23. The van der Waals surface area contributed by atoms with E-state index in [0.717, 1.165) is 12.1 Å². The van der Waals surface area contributed by atoms with Gasteiger partial charge in [-0.2, -0.15) is 0 Å². The fourth-order valence-electron chi connectivity index (χ4n) is 2.64. The predicted octanol–water partition coefficient (Wildman–Crippen LogP) is 2.59. The van der Waals surface area contributed by atoms with Crippen LogP contribution in [-0.2, 0) is 6.42 Å². The third kappa shape index (κ3) is 2.50. The Labute approximate surface area is 102 Å². The molecule has 0 aliphatic carbocycles. The molecule has 1 fully saturated rings. The molecule has 0 radical (unpaired) electrons. The lowest BCUT2D eigenvalue weighted by Crippen LogP contribution is -2.20. The number of likely N-dealkylation sites (tertiary alicyclic amines) is 1. The highest BCUT2D eigenvalue weighted by Gasteiger charge is 2.10. The minimum atomic E-state index is 0.994. The Morgan fingerprint density at radius 3 is 3.06 bits per heavy atom. The number of hydrogen-bond donors (Lipinski definition) is 1. The Bertz CT molecular complexity index is 483. The highest BCUT2D eigenvalue weighted by molar-refractivity contribution is 5.75. The molecule has 1 aliphatic rings. The number of rotatable bonds is 4. The lowest BCUT2D eigenvalue weighted by molar-refractivity contribution is 0.334. The molecule has 0 aromatic carbocycles. The van der Waals surface area contributed by atoms with Crippen LogP contribution in [0.4, 0.5) is 0 Å². The van der Waals surface area contributed by atoms with Gasteiger partial charge in [0.25, 0.3) is 0 Å². The molecule has 3 heterocycles. The molecule has 0 spiro atoms. The summed E-state index contributed by atoms with van der Waals surface area (Å²) in [6.45, 7) is 3.84. The standard InChI is InChI=1S/C14H19N3/c1-2-8-17(7-1)9-3-4-12-10-13-5-6-15-14(13)16-11-12/h5-6,10-11H,1-4,7-9H2,(H,15,16). The zero-order valence-electron chi connectivity index (χ0n) is 10.2. The number of aryl methyl sites for hydroxylation is 1. The number of nitrogens with zero attached hydrogens (tertiary/aromatic N) is 2. The van der Waals surface area contributed by atoms with Gasteiger partial charge in [0.15, 0.2) is 0 Å². The van der Waals surface area contributed by atoms with Crippen LogP contribution in [0.15, 0.2) is 24.5 Å². The van der Waals surface area contributed by atoms with Gasteiger partial charge in [0.2, 0.25) is 0 Å². The number of fused-ring (bicyclic) bond motifs is 1. The van der Waals surface area contributed by atoms with E-state index < -0.39 is 0 Å². The third-order valence-corrected chi connectivity index (χ3v) is 3.60. The lowest BCUT2D eigenvalue weighted by atomic mass is 10.1. The molecule has 1 aliphatic heterocycles. The van der Waals surface area contributed by atoms with Gasteiger partial charge in [-0.3, -0.25) is 0 Å². The molecule has 17 heavy (non-hydrogen) atoms. The van der Waals surface area contributed by atoms with Crippen molar-refractivity contribution in [2.45, 2.75) is 25.7 Å². The van der Waals surface area contributed by atoms with E-state index in [1.165, 1.54) is 49.8 Å². The maximum atomic E-state index is 4.42. The second-order valence-corrected chi connectivity index (χ2v) is 4.91. The second kappa shape index (κ2) is 4.88. The van der Waals surface area contributed by atoms with Gasteiger partial charge in [0, 0.05) is 17.8 Å². The number of hydrogen-bond acceptors (Lipinski definition) is 2. The van der Waals surface area contributed by atoms with Crippen LogP contribution in [0, 0.1) is 0 Å². The number of aromatic nitrogens is 2. The Balaban J connectivity index is 1.56. The Kier molecular flexibility index (Phi) is 3.10. The van der Waals surface area contributed by atoms with Crippen molar-refractivity contribution in [3.8, 4) is 0 Å². The van der Waals surface area contributed by atoms with Gasteiger partial charge in [-0.25, -0.2) is 4.98 Å². The zero-order valence-corrected chi connectivity index (χ0v) is 10.2. The average molecular weight is 229 g/mol. The van der Waals surface area contributed by atoms with Gasteiger partial charge in [0.05, 0.1) is 0 Å². The normalized spacial score (nSPS) is 16.9. The lowest BCUT2D eigenvalue weighted by Gasteiger charge is -2.13. The minimum Gasteiger partial charge on any atom is -0.346 e. The highest BCUT2D eigenvalue weighted by atomic mass is 15.1. The van der Waals surface area contributed by atoms with E-state index >= 15 is 0 Å². The summed E-state index contributed by atoms with van der Waals surface area (Å²) in [6.07, 6.45) is 9.12. The number of nitrogens with one attached hydrogen (secondary N) is 1. The molecule has 90 valence electrons. The first-order chi connectivity index (χ1) is 8.42. The van der Waals surface area contributed by atoms with Crippen LogP contribution < -0.4 is 0 Å². The van der Waals surface area contributed by atoms with Crippen LogP contribution in [0.25, 0.3) is 11.0 Å². The summed E-state index contributed by atoms with van der Waals surface area (Å²) in [5.74, 6) is 0. The van der Waals surface area contributed by atoms with Crippen molar-refractivity contribution in [2.75, 3.05) is 19.6 Å². The van der Waals surface area contributed by atoms with Crippen molar-refractivity contribution < 1.29 is 0 Å². The SMILES string of the molecule is c1cc2cc(CCCN3CCCC3)cnc2[nH]1. The van der Waals surface area contributed by atoms with E-state index in [-0.39, 0.29) is 0 Å². The van der Waals surface area contributed by atoms with E-state index in [9.17, 15) is 0 Å². The highest BCUT2D eigenvalue weighted by Crippen LogP contribution is 2.13. The first kappa shape index (κ1) is 10.8. The maximum Gasteiger partial charge on any atom is 0.137 e. The van der Waals surface area contributed by atoms with Crippen LogP contribution in [0.5, 0.6) is 0 Å². The van der Waals surface area contributed by atoms with Crippen molar-refractivity contribution in [2.24, 2.45) is 0 Å².